The van der Waals surface area contributed by atoms with Crippen molar-refractivity contribution < 1.29 is 4.79 Å². The van der Waals surface area contributed by atoms with E-state index >= 15 is 0 Å². The Morgan fingerprint density at radius 1 is 1.18 bits per heavy atom. The molecule has 2 aromatic rings. The van der Waals surface area contributed by atoms with Gasteiger partial charge in [0.25, 0.3) is 0 Å². The summed E-state index contributed by atoms with van der Waals surface area (Å²) in [4.78, 5) is 28.6. The molecule has 0 spiro atoms. The number of nitrogens with zero attached hydrogens (tertiary/aromatic N) is 5. The van der Waals surface area contributed by atoms with Crippen LogP contribution in [0.25, 0.3) is 0 Å². The van der Waals surface area contributed by atoms with E-state index in [1.165, 1.54) is 0 Å². The van der Waals surface area contributed by atoms with Crippen molar-refractivity contribution in [3.05, 3.63) is 39.4 Å². The number of amides is 1. The second kappa shape index (κ2) is 8.76. The predicted molar refractivity (Wildman–Crippen MR) is 113 cm³/mol. The van der Waals surface area contributed by atoms with E-state index in [0.29, 0.717) is 10.9 Å². The molecule has 0 atom stereocenters. The maximum absolute atomic E-state index is 13.0. The van der Waals surface area contributed by atoms with Gasteiger partial charge in [-0.1, -0.05) is 11.6 Å². The molecule has 150 valence electrons. The van der Waals surface area contributed by atoms with Gasteiger partial charge in [0.05, 0.1) is 15.7 Å². The second-order valence-electron chi connectivity index (χ2n) is 7.56. The molecular formula is C20H26ClN5OS. The van der Waals surface area contributed by atoms with Crippen LogP contribution in [0.2, 0.25) is 5.02 Å². The maximum atomic E-state index is 13.0. The molecule has 2 aromatic heterocycles. The molecule has 4 heterocycles. The Labute approximate surface area is 175 Å². The fourth-order valence-corrected chi connectivity index (χ4v) is 4.73. The first-order valence-electron chi connectivity index (χ1n) is 9.87. The molecule has 2 aliphatic heterocycles. The van der Waals surface area contributed by atoms with E-state index < -0.39 is 0 Å². The number of rotatable bonds is 4. The molecule has 0 unspecified atom stereocenters. The summed E-state index contributed by atoms with van der Waals surface area (Å²) in [6.07, 6.45) is 3.57. The minimum Gasteiger partial charge on any atom is -0.353 e. The summed E-state index contributed by atoms with van der Waals surface area (Å²) < 4.78 is 0. The minimum atomic E-state index is 0.161. The highest BCUT2D eigenvalue weighted by Gasteiger charge is 2.30. The van der Waals surface area contributed by atoms with Gasteiger partial charge in [0.2, 0.25) is 5.91 Å². The summed E-state index contributed by atoms with van der Waals surface area (Å²) in [5.41, 5.74) is 1.15. The van der Waals surface area contributed by atoms with Gasteiger partial charge < -0.3 is 9.80 Å². The lowest BCUT2D eigenvalue weighted by Gasteiger charge is -2.38. The van der Waals surface area contributed by atoms with Gasteiger partial charge in [0.1, 0.15) is 5.82 Å². The summed E-state index contributed by atoms with van der Waals surface area (Å²) in [6.45, 7) is 8.07. The largest absolute Gasteiger partial charge is 0.353 e. The molecule has 1 amide bonds. The first kappa shape index (κ1) is 19.6. The molecule has 8 heteroatoms. The average Bonchev–Trinajstić information content (AvgIpc) is 3.13. The quantitative estimate of drug-likeness (QED) is 0.762. The van der Waals surface area contributed by atoms with Crippen LogP contribution in [-0.4, -0.2) is 64.9 Å². The summed E-state index contributed by atoms with van der Waals surface area (Å²) in [6, 6.07) is 3.81. The maximum Gasteiger partial charge on any atom is 0.225 e. The van der Waals surface area contributed by atoms with E-state index in [2.05, 4.69) is 25.1 Å². The van der Waals surface area contributed by atoms with Crippen LogP contribution in [0.1, 0.15) is 23.5 Å². The number of carbonyl (C=O) groups excluding carboxylic acids is 1. The number of piperidine rings is 1. The lowest BCUT2D eigenvalue weighted by atomic mass is 9.95. The van der Waals surface area contributed by atoms with Crippen molar-refractivity contribution in [3.8, 4) is 0 Å². The lowest BCUT2D eigenvalue weighted by molar-refractivity contribution is -0.137. The van der Waals surface area contributed by atoms with Gasteiger partial charge in [-0.2, -0.15) is 0 Å². The van der Waals surface area contributed by atoms with E-state index in [1.807, 2.05) is 24.0 Å². The number of thiazole rings is 1. The molecular weight excluding hydrogens is 394 g/mol. The zero-order valence-corrected chi connectivity index (χ0v) is 17.8. The van der Waals surface area contributed by atoms with Crippen molar-refractivity contribution in [1.82, 2.24) is 19.8 Å². The molecule has 0 aliphatic carbocycles. The van der Waals surface area contributed by atoms with E-state index in [-0.39, 0.29) is 5.92 Å². The molecule has 0 N–H and O–H groups in total. The Kier molecular flexibility index (Phi) is 6.13. The number of hydrogen-bond acceptors (Lipinski definition) is 6. The van der Waals surface area contributed by atoms with E-state index in [0.717, 1.165) is 75.2 Å². The minimum absolute atomic E-state index is 0.161. The zero-order chi connectivity index (χ0) is 19.5. The SMILES string of the molecule is Cc1nc(CN2CCC(C(=O)N3CCN(c4ccc(Cl)cn4)CC3)CC2)cs1. The third kappa shape index (κ3) is 4.64. The number of hydrogen-bond donors (Lipinski definition) is 0. The van der Waals surface area contributed by atoms with Gasteiger partial charge in [-0.15, -0.1) is 11.3 Å². The zero-order valence-electron chi connectivity index (χ0n) is 16.2. The van der Waals surface area contributed by atoms with E-state index in [1.54, 1.807) is 17.5 Å². The highest BCUT2D eigenvalue weighted by molar-refractivity contribution is 7.09. The molecule has 0 saturated carbocycles. The van der Waals surface area contributed by atoms with Crippen LogP contribution in [0, 0.1) is 12.8 Å². The van der Waals surface area contributed by atoms with Crippen molar-refractivity contribution in [1.29, 1.82) is 0 Å². The number of piperazine rings is 1. The summed E-state index contributed by atoms with van der Waals surface area (Å²) in [5, 5.41) is 3.91. The standard InChI is InChI=1S/C20H26ClN5OS/c1-15-23-18(14-28-15)13-24-6-4-16(5-7-24)20(27)26-10-8-25(9-11-26)19-3-2-17(21)12-22-19/h2-3,12,14,16H,4-11,13H2,1H3. The third-order valence-corrected chi connectivity index (χ3v) is 6.66. The van der Waals surface area contributed by atoms with Gasteiger partial charge in [-0.05, 0) is 45.0 Å². The fraction of sp³-hybridized carbons (Fsp3) is 0.550. The van der Waals surface area contributed by atoms with Gasteiger partial charge in [-0.3, -0.25) is 9.69 Å². The molecule has 2 aliphatic rings. The first-order chi connectivity index (χ1) is 13.6. The molecule has 0 bridgehead atoms. The Balaban J connectivity index is 1.24. The average molecular weight is 420 g/mol. The van der Waals surface area contributed by atoms with Crippen molar-refractivity contribution in [3.63, 3.8) is 0 Å². The molecule has 4 rings (SSSR count). The molecule has 0 aromatic carbocycles. The number of anilines is 1. The third-order valence-electron chi connectivity index (χ3n) is 5.62. The summed E-state index contributed by atoms with van der Waals surface area (Å²) in [7, 11) is 0. The Bertz CT molecular complexity index is 795. The van der Waals surface area contributed by atoms with Crippen LogP contribution in [0.5, 0.6) is 0 Å². The first-order valence-corrected chi connectivity index (χ1v) is 11.1. The van der Waals surface area contributed by atoms with E-state index in [4.69, 9.17) is 11.6 Å². The van der Waals surface area contributed by atoms with Crippen LogP contribution in [0.15, 0.2) is 23.7 Å². The van der Waals surface area contributed by atoms with Crippen molar-refractivity contribution in [2.75, 3.05) is 44.2 Å². The lowest BCUT2D eigenvalue weighted by Crippen LogP contribution is -2.51. The molecule has 0 radical (unpaired) electrons. The molecule has 2 saturated heterocycles. The van der Waals surface area contributed by atoms with Crippen LogP contribution in [0.4, 0.5) is 5.82 Å². The van der Waals surface area contributed by atoms with Crippen LogP contribution in [0.3, 0.4) is 0 Å². The molecule has 2 fully saturated rings. The normalized spacial score (nSPS) is 19.2. The van der Waals surface area contributed by atoms with Crippen LogP contribution >= 0.6 is 22.9 Å². The highest BCUT2D eigenvalue weighted by Crippen LogP contribution is 2.23. The van der Waals surface area contributed by atoms with Gasteiger partial charge in [-0.25, -0.2) is 9.97 Å². The second-order valence-corrected chi connectivity index (χ2v) is 9.05. The number of aryl methyl sites for hydroxylation is 1. The van der Waals surface area contributed by atoms with Crippen LogP contribution < -0.4 is 4.90 Å². The smallest absolute Gasteiger partial charge is 0.225 e. The summed E-state index contributed by atoms with van der Waals surface area (Å²) >= 11 is 7.62. The van der Waals surface area contributed by atoms with Gasteiger partial charge >= 0.3 is 0 Å². The monoisotopic (exact) mass is 419 g/mol. The number of halogens is 1. The number of carbonyl (C=O) groups is 1. The van der Waals surface area contributed by atoms with Crippen molar-refractivity contribution in [2.45, 2.75) is 26.3 Å². The van der Waals surface area contributed by atoms with Crippen molar-refractivity contribution in [2.24, 2.45) is 5.92 Å². The topological polar surface area (TPSA) is 52.6 Å². The highest BCUT2D eigenvalue weighted by atomic mass is 35.5. The summed E-state index contributed by atoms with van der Waals surface area (Å²) in [5.74, 6) is 1.42. The van der Waals surface area contributed by atoms with Crippen LogP contribution in [-0.2, 0) is 11.3 Å². The predicted octanol–water partition coefficient (Wildman–Crippen LogP) is 3.06. The Morgan fingerprint density at radius 2 is 1.93 bits per heavy atom. The molecule has 6 nitrogen and oxygen atoms in total. The number of aromatic nitrogens is 2. The van der Waals surface area contributed by atoms with E-state index in [9.17, 15) is 4.79 Å². The Morgan fingerprint density at radius 3 is 2.54 bits per heavy atom. The Hall–Kier alpha value is -1.70. The van der Waals surface area contributed by atoms with Gasteiger partial charge in [0, 0.05) is 50.2 Å². The molecule has 28 heavy (non-hydrogen) atoms. The number of pyridine rings is 1. The van der Waals surface area contributed by atoms with Crippen molar-refractivity contribution >= 4 is 34.7 Å². The fourth-order valence-electron chi connectivity index (χ4n) is 4.02. The van der Waals surface area contributed by atoms with Gasteiger partial charge in [0.15, 0.2) is 0 Å². The number of likely N-dealkylation sites (tertiary alicyclic amines) is 1.